The van der Waals surface area contributed by atoms with Gasteiger partial charge in [-0.05, 0) is 55.2 Å². The van der Waals surface area contributed by atoms with E-state index in [2.05, 4.69) is 0 Å². The van der Waals surface area contributed by atoms with Crippen LogP contribution in [-0.2, 0) is 14.3 Å². The summed E-state index contributed by atoms with van der Waals surface area (Å²) in [5, 5.41) is 0.621. The molecule has 2 aliphatic heterocycles. The summed E-state index contributed by atoms with van der Waals surface area (Å²) in [6, 6.07) is 16.2. The Morgan fingerprint density at radius 1 is 1.00 bits per heavy atom. The van der Waals surface area contributed by atoms with Gasteiger partial charge in [-0.3, -0.25) is 9.59 Å². The third-order valence-electron chi connectivity index (χ3n) is 4.88. The highest BCUT2D eigenvalue weighted by atomic mass is 35.5. The molecule has 2 aliphatic rings. The Hall–Kier alpha value is -2.43. The normalized spacial score (nSPS) is 24.7. The molecular weight excluding hydrogens is 350 g/mol. The fraction of sp³-hybridized carbons (Fsp3) is 0.238. The molecule has 2 heterocycles. The second-order valence-electron chi connectivity index (χ2n) is 6.52. The molecule has 0 radical (unpaired) electrons. The lowest BCUT2D eigenvalue weighted by Crippen LogP contribution is -2.45. The van der Waals surface area contributed by atoms with Crippen LogP contribution in [0.4, 0.5) is 5.69 Å². The zero-order chi connectivity index (χ0) is 18.1. The smallest absolute Gasteiger partial charge is 0.271 e. The summed E-state index contributed by atoms with van der Waals surface area (Å²) in [6.07, 6.45) is 4.01. The maximum absolute atomic E-state index is 13.3. The lowest BCUT2D eigenvalue weighted by Gasteiger charge is -2.32. The number of benzene rings is 2. The molecule has 5 heteroatoms. The standard InChI is InChI=1S/C21H18ClNO3/c22-16-10-8-15(9-11-16)14-18-19(24)23(17-6-2-1-3-7-17)20(25)21(18)12-4-5-13-26-21/h1-3,6-11,14H,4-5,12-13H2/b18-14-. The summed E-state index contributed by atoms with van der Waals surface area (Å²) in [5.74, 6) is -0.619. The first-order valence-electron chi connectivity index (χ1n) is 8.67. The van der Waals surface area contributed by atoms with Crippen molar-refractivity contribution >= 4 is 35.2 Å². The summed E-state index contributed by atoms with van der Waals surface area (Å²) in [7, 11) is 0. The summed E-state index contributed by atoms with van der Waals surface area (Å²) in [6.45, 7) is 0.472. The minimum atomic E-state index is -1.19. The van der Waals surface area contributed by atoms with Gasteiger partial charge in [-0.15, -0.1) is 0 Å². The number of halogens is 1. The number of amides is 2. The van der Waals surface area contributed by atoms with Gasteiger partial charge in [0.2, 0.25) is 0 Å². The molecule has 4 nitrogen and oxygen atoms in total. The number of imide groups is 1. The van der Waals surface area contributed by atoms with Crippen LogP contribution in [0.3, 0.4) is 0 Å². The van der Waals surface area contributed by atoms with E-state index in [4.69, 9.17) is 16.3 Å². The number of carbonyl (C=O) groups is 2. The third kappa shape index (κ3) is 2.75. The molecule has 2 aromatic carbocycles. The molecule has 1 atom stereocenters. The van der Waals surface area contributed by atoms with Crippen molar-refractivity contribution in [2.75, 3.05) is 11.5 Å². The van der Waals surface area contributed by atoms with Crippen LogP contribution in [0.1, 0.15) is 24.8 Å². The van der Waals surface area contributed by atoms with Crippen LogP contribution in [0.25, 0.3) is 6.08 Å². The average Bonchev–Trinajstić information content (AvgIpc) is 2.86. The van der Waals surface area contributed by atoms with Crippen molar-refractivity contribution in [2.24, 2.45) is 0 Å². The van der Waals surface area contributed by atoms with E-state index >= 15 is 0 Å². The SMILES string of the molecule is O=C1/C(=C/c2ccc(Cl)cc2)C2(CCCCO2)C(=O)N1c1ccccc1. The molecule has 1 unspecified atom stereocenters. The molecule has 132 valence electrons. The average molecular weight is 368 g/mol. The molecule has 2 saturated heterocycles. The van der Waals surface area contributed by atoms with Gasteiger partial charge >= 0.3 is 0 Å². The number of hydrogen-bond acceptors (Lipinski definition) is 3. The molecule has 0 aromatic heterocycles. The fourth-order valence-corrected chi connectivity index (χ4v) is 3.70. The Kier molecular flexibility index (Phi) is 4.39. The summed E-state index contributed by atoms with van der Waals surface area (Å²) in [5.41, 5.74) is 0.586. The van der Waals surface area contributed by atoms with Crippen molar-refractivity contribution in [1.82, 2.24) is 0 Å². The second kappa shape index (κ2) is 6.71. The first-order valence-corrected chi connectivity index (χ1v) is 9.05. The Balaban J connectivity index is 1.83. The molecule has 0 N–H and O–H groups in total. The van der Waals surface area contributed by atoms with E-state index in [0.717, 1.165) is 18.4 Å². The van der Waals surface area contributed by atoms with Gasteiger partial charge in [0.25, 0.3) is 11.8 Å². The first kappa shape index (κ1) is 17.0. The van der Waals surface area contributed by atoms with E-state index in [1.807, 2.05) is 30.3 Å². The van der Waals surface area contributed by atoms with Crippen molar-refractivity contribution < 1.29 is 14.3 Å². The molecule has 0 aliphatic carbocycles. The van der Waals surface area contributed by atoms with Gasteiger partial charge in [-0.2, -0.15) is 0 Å². The predicted octanol–water partition coefficient (Wildman–Crippen LogP) is 4.24. The van der Waals surface area contributed by atoms with E-state index in [-0.39, 0.29) is 11.8 Å². The Morgan fingerprint density at radius 3 is 2.38 bits per heavy atom. The zero-order valence-electron chi connectivity index (χ0n) is 14.2. The van der Waals surface area contributed by atoms with Crippen molar-refractivity contribution in [3.05, 3.63) is 70.8 Å². The van der Waals surface area contributed by atoms with Gasteiger partial charge in [0.15, 0.2) is 5.60 Å². The van der Waals surface area contributed by atoms with Gasteiger partial charge in [0.1, 0.15) is 0 Å². The highest BCUT2D eigenvalue weighted by Crippen LogP contribution is 2.42. The monoisotopic (exact) mass is 367 g/mol. The predicted molar refractivity (Wildman–Crippen MR) is 101 cm³/mol. The summed E-state index contributed by atoms with van der Waals surface area (Å²) >= 11 is 5.95. The Bertz CT molecular complexity index is 868. The third-order valence-corrected chi connectivity index (χ3v) is 5.14. The number of ether oxygens (including phenoxy) is 1. The van der Waals surface area contributed by atoms with Crippen molar-refractivity contribution in [3.63, 3.8) is 0 Å². The minimum Gasteiger partial charge on any atom is -0.360 e. The number of carbonyl (C=O) groups excluding carboxylic acids is 2. The van der Waals surface area contributed by atoms with Crippen molar-refractivity contribution in [1.29, 1.82) is 0 Å². The fourth-order valence-electron chi connectivity index (χ4n) is 3.57. The van der Waals surface area contributed by atoms with Crippen LogP contribution >= 0.6 is 11.6 Å². The van der Waals surface area contributed by atoms with Gasteiger partial charge in [0, 0.05) is 11.6 Å². The molecule has 2 fully saturated rings. The van der Waals surface area contributed by atoms with E-state index in [1.165, 1.54) is 4.90 Å². The Morgan fingerprint density at radius 2 is 1.73 bits per heavy atom. The minimum absolute atomic E-state index is 0.298. The Labute approximate surface area is 157 Å². The van der Waals surface area contributed by atoms with Crippen LogP contribution in [0.5, 0.6) is 0 Å². The van der Waals surface area contributed by atoms with Crippen LogP contribution in [0, 0.1) is 0 Å². The second-order valence-corrected chi connectivity index (χ2v) is 6.96. The molecular formula is C21H18ClNO3. The number of anilines is 1. The number of nitrogens with zero attached hydrogens (tertiary/aromatic N) is 1. The van der Waals surface area contributed by atoms with Gasteiger partial charge in [0.05, 0.1) is 11.3 Å². The lowest BCUT2D eigenvalue weighted by molar-refractivity contribution is -0.140. The van der Waals surface area contributed by atoms with E-state index in [1.54, 1.807) is 30.3 Å². The topological polar surface area (TPSA) is 46.6 Å². The molecule has 4 rings (SSSR count). The van der Waals surface area contributed by atoms with Crippen molar-refractivity contribution in [3.8, 4) is 0 Å². The van der Waals surface area contributed by atoms with E-state index < -0.39 is 5.60 Å². The highest BCUT2D eigenvalue weighted by molar-refractivity contribution is 6.34. The maximum atomic E-state index is 13.3. The van der Waals surface area contributed by atoms with Crippen molar-refractivity contribution in [2.45, 2.75) is 24.9 Å². The van der Waals surface area contributed by atoms with Gasteiger partial charge < -0.3 is 4.74 Å². The number of hydrogen-bond donors (Lipinski definition) is 0. The molecule has 1 spiro atoms. The van der Waals surface area contributed by atoms with Crippen LogP contribution in [0.2, 0.25) is 5.02 Å². The summed E-state index contributed by atoms with van der Waals surface area (Å²) in [4.78, 5) is 27.7. The first-order chi connectivity index (χ1) is 12.6. The van der Waals surface area contributed by atoms with Gasteiger partial charge in [-0.25, -0.2) is 4.90 Å². The molecule has 0 bridgehead atoms. The molecule has 2 amide bonds. The maximum Gasteiger partial charge on any atom is 0.271 e. The van der Waals surface area contributed by atoms with Crippen LogP contribution in [0.15, 0.2) is 60.2 Å². The largest absolute Gasteiger partial charge is 0.360 e. The lowest BCUT2D eigenvalue weighted by atomic mass is 9.86. The van der Waals surface area contributed by atoms with Gasteiger partial charge in [-0.1, -0.05) is 41.9 Å². The summed E-state index contributed by atoms with van der Waals surface area (Å²) < 4.78 is 5.96. The van der Waals surface area contributed by atoms with Crippen LogP contribution in [-0.4, -0.2) is 24.0 Å². The van der Waals surface area contributed by atoms with E-state index in [0.29, 0.717) is 29.3 Å². The molecule has 0 saturated carbocycles. The molecule has 2 aromatic rings. The van der Waals surface area contributed by atoms with E-state index in [9.17, 15) is 9.59 Å². The quantitative estimate of drug-likeness (QED) is 0.589. The molecule has 26 heavy (non-hydrogen) atoms. The zero-order valence-corrected chi connectivity index (χ0v) is 14.9. The highest BCUT2D eigenvalue weighted by Gasteiger charge is 2.57. The number of para-hydroxylation sites is 1. The number of rotatable bonds is 2. The van der Waals surface area contributed by atoms with Crippen LogP contribution < -0.4 is 4.90 Å².